The summed E-state index contributed by atoms with van der Waals surface area (Å²) in [5.41, 5.74) is 0.584. The van der Waals surface area contributed by atoms with E-state index >= 15 is 0 Å². The van der Waals surface area contributed by atoms with Crippen molar-refractivity contribution in [1.29, 1.82) is 0 Å². The fraction of sp³-hybridized carbons (Fsp3) is 0.500. The number of ether oxygens (including phenoxy) is 2. The lowest BCUT2D eigenvalue weighted by Crippen LogP contribution is -2.02. The van der Waals surface area contributed by atoms with Crippen LogP contribution < -0.4 is 9.47 Å². The molecule has 4 nitrogen and oxygen atoms in total. The summed E-state index contributed by atoms with van der Waals surface area (Å²) in [6, 6.07) is 5.05. The molecule has 0 radical (unpaired) electrons. The van der Waals surface area contributed by atoms with Gasteiger partial charge in [0.1, 0.15) is 0 Å². The lowest BCUT2D eigenvalue weighted by Gasteiger charge is -2.11. The Morgan fingerprint density at radius 2 is 2.06 bits per heavy atom. The van der Waals surface area contributed by atoms with Gasteiger partial charge in [0, 0.05) is 10.7 Å². The van der Waals surface area contributed by atoms with Crippen molar-refractivity contribution in [3.05, 3.63) is 23.8 Å². The van der Waals surface area contributed by atoms with E-state index in [2.05, 4.69) is 0 Å². The SMILES string of the molecule is COc1cc(CS(=O)(=O)Cl)ccc1OCC1CC1. The van der Waals surface area contributed by atoms with Crippen LogP contribution in [0.1, 0.15) is 18.4 Å². The Balaban J connectivity index is 2.11. The summed E-state index contributed by atoms with van der Waals surface area (Å²) in [5, 5.41) is 0. The first-order valence-electron chi connectivity index (χ1n) is 5.70. The molecule has 1 aliphatic carbocycles. The third-order valence-electron chi connectivity index (χ3n) is 2.74. The molecule has 1 aliphatic rings. The van der Waals surface area contributed by atoms with Crippen LogP contribution in [0.4, 0.5) is 0 Å². The minimum absolute atomic E-state index is 0.214. The normalized spacial score (nSPS) is 15.4. The standard InChI is InChI=1S/C12H15ClO4S/c1-16-12-6-10(8-18(13,14)15)4-5-11(12)17-7-9-2-3-9/h4-6,9H,2-3,7-8H2,1H3. The Morgan fingerprint density at radius 3 is 2.61 bits per heavy atom. The monoisotopic (exact) mass is 290 g/mol. The van der Waals surface area contributed by atoms with Gasteiger partial charge in [0.2, 0.25) is 9.05 Å². The molecular formula is C12H15ClO4S. The van der Waals surface area contributed by atoms with Crippen molar-refractivity contribution in [3.8, 4) is 11.5 Å². The highest BCUT2D eigenvalue weighted by Crippen LogP contribution is 2.33. The van der Waals surface area contributed by atoms with E-state index in [0.29, 0.717) is 29.6 Å². The van der Waals surface area contributed by atoms with Crippen LogP contribution in [0.2, 0.25) is 0 Å². The first kappa shape index (κ1) is 13.5. The number of halogens is 1. The second kappa shape index (κ2) is 5.36. The van der Waals surface area contributed by atoms with Gasteiger partial charge in [-0.05, 0) is 36.5 Å². The summed E-state index contributed by atoms with van der Waals surface area (Å²) < 4.78 is 32.8. The number of rotatable bonds is 6. The van der Waals surface area contributed by atoms with Crippen LogP contribution in [0.3, 0.4) is 0 Å². The molecule has 0 aromatic heterocycles. The first-order valence-corrected chi connectivity index (χ1v) is 8.18. The molecule has 0 N–H and O–H groups in total. The minimum Gasteiger partial charge on any atom is -0.493 e. The predicted molar refractivity (Wildman–Crippen MR) is 69.7 cm³/mol. The van der Waals surface area contributed by atoms with Crippen LogP contribution in [0.15, 0.2) is 18.2 Å². The van der Waals surface area contributed by atoms with E-state index in [1.807, 2.05) is 0 Å². The Morgan fingerprint density at radius 1 is 1.33 bits per heavy atom. The lowest BCUT2D eigenvalue weighted by atomic mass is 10.2. The van der Waals surface area contributed by atoms with Crippen molar-refractivity contribution in [2.45, 2.75) is 18.6 Å². The van der Waals surface area contributed by atoms with E-state index in [9.17, 15) is 8.42 Å². The van der Waals surface area contributed by atoms with Crippen molar-refractivity contribution < 1.29 is 17.9 Å². The summed E-state index contributed by atoms with van der Waals surface area (Å²) in [6.45, 7) is 0.684. The smallest absolute Gasteiger partial charge is 0.236 e. The summed E-state index contributed by atoms with van der Waals surface area (Å²) >= 11 is 0. The van der Waals surface area contributed by atoms with Crippen molar-refractivity contribution in [2.24, 2.45) is 5.92 Å². The molecule has 0 spiro atoms. The van der Waals surface area contributed by atoms with Crippen molar-refractivity contribution in [1.82, 2.24) is 0 Å². The van der Waals surface area contributed by atoms with E-state index in [0.717, 1.165) is 0 Å². The maximum atomic E-state index is 11.0. The number of benzene rings is 1. The van der Waals surface area contributed by atoms with Gasteiger partial charge in [-0.3, -0.25) is 0 Å². The molecule has 100 valence electrons. The molecule has 0 amide bonds. The molecular weight excluding hydrogens is 276 g/mol. The highest BCUT2D eigenvalue weighted by atomic mass is 35.7. The average Bonchev–Trinajstić information content (AvgIpc) is 3.09. The summed E-state index contributed by atoms with van der Waals surface area (Å²) in [5.74, 6) is 1.61. The highest BCUT2D eigenvalue weighted by molar-refractivity contribution is 8.13. The maximum Gasteiger partial charge on any atom is 0.236 e. The van der Waals surface area contributed by atoms with E-state index < -0.39 is 9.05 Å². The Labute approximate surface area is 111 Å². The molecule has 0 bridgehead atoms. The summed E-state index contributed by atoms with van der Waals surface area (Å²) in [6.07, 6.45) is 2.43. The zero-order valence-corrected chi connectivity index (χ0v) is 11.6. The molecule has 0 unspecified atom stereocenters. The van der Waals surface area contributed by atoms with Crippen molar-refractivity contribution in [3.63, 3.8) is 0 Å². The van der Waals surface area contributed by atoms with Crippen molar-refractivity contribution >= 4 is 19.7 Å². The molecule has 6 heteroatoms. The number of methoxy groups -OCH3 is 1. The molecule has 1 fully saturated rings. The predicted octanol–water partition coefficient (Wildman–Crippen LogP) is 2.55. The molecule has 18 heavy (non-hydrogen) atoms. The van der Waals surface area contributed by atoms with Crippen LogP contribution in [-0.2, 0) is 14.8 Å². The van der Waals surface area contributed by atoms with Gasteiger partial charge in [-0.25, -0.2) is 8.42 Å². The largest absolute Gasteiger partial charge is 0.493 e. The van der Waals surface area contributed by atoms with E-state index in [-0.39, 0.29) is 5.75 Å². The lowest BCUT2D eigenvalue weighted by molar-refractivity contribution is 0.280. The number of hydrogen-bond donors (Lipinski definition) is 0. The van der Waals surface area contributed by atoms with Crippen molar-refractivity contribution in [2.75, 3.05) is 13.7 Å². The first-order chi connectivity index (χ1) is 8.48. The van der Waals surface area contributed by atoms with E-state index in [1.54, 1.807) is 18.2 Å². The quantitative estimate of drug-likeness (QED) is 0.756. The van der Waals surface area contributed by atoms with E-state index in [4.69, 9.17) is 20.2 Å². The van der Waals surface area contributed by atoms with Crippen LogP contribution in [0, 0.1) is 5.92 Å². The van der Waals surface area contributed by atoms with Gasteiger partial charge in [-0.15, -0.1) is 0 Å². The molecule has 1 aromatic rings. The third kappa shape index (κ3) is 4.07. The zero-order valence-electron chi connectivity index (χ0n) is 10.1. The summed E-state index contributed by atoms with van der Waals surface area (Å²) in [7, 11) is 3.19. The van der Waals surface area contributed by atoms with Crippen LogP contribution in [-0.4, -0.2) is 22.1 Å². The molecule has 0 saturated heterocycles. The number of hydrogen-bond acceptors (Lipinski definition) is 4. The van der Waals surface area contributed by atoms with Gasteiger partial charge in [-0.2, -0.15) is 0 Å². The van der Waals surface area contributed by atoms with Gasteiger partial charge >= 0.3 is 0 Å². The second-order valence-corrected chi connectivity index (χ2v) is 7.20. The Hall–Kier alpha value is -0.940. The van der Waals surface area contributed by atoms with Crippen LogP contribution in [0.25, 0.3) is 0 Å². The van der Waals surface area contributed by atoms with Gasteiger partial charge in [0.15, 0.2) is 11.5 Å². The summed E-state index contributed by atoms with van der Waals surface area (Å²) in [4.78, 5) is 0. The minimum atomic E-state index is -3.55. The van der Waals surface area contributed by atoms with Crippen LogP contribution in [0.5, 0.6) is 11.5 Å². The molecule has 0 atom stereocenters. The average molecular weight is 291 g/mol. The van der Waals surface area contributed by atoms with Crippen LogP contribution >= 0.6 is 10.7 Å². The molecule has 2 rings (SSSR count). The van der Waals surface area contributed by atoms with Gasteiger partial charge in [-0.1, -0.05) is 6.07 Å². The zero-order chi connectivity index (χ0) is 13.2. The van der Waals surface area contributed by atoms with Gasteiger partial charge in [0.05, 0.1) is 19.5 Å². The molecule has 0 aliphatic heterocycles. The van der Waals surface area contributed by atoms with E-state index in [1.165, 1.54) is 20.0 Å². The Bertz CT molecular complexity index is 523. The molecule has 0 heterocycles. The fourth-order valence-corrected chi connectivity index (χ4v) is 2.57. The van der Waals surface area contributed by atoms with Gasteiger partial charge < -0.3 is 9.47 Å². The molecule has 1 saturated carbocycles. The third-order valence-corrected chi connectivity index (χ3v) is 3.74. The molecule has 1 aromatic carbocycles. The Kier molecular flexibility index (Phi) is 4.02. The fourth-order valence-electron chi connectivity index (χ4n) is 1.61. The maximum absolute atomic E-state index is 11.0. The van der Waals surface area contributed by atoms with Gasteiger partial charge in [0.25, 0.3) is 0 Å². The second-order valence-electron chi connectivity index (χ2n) is 4.42. The highest BCUT2D eigenvalue weighted by Gasteiger charge is 2.22. The topological polar surface area (TPSA) is 52.6 Å².